The first-order valence-electron chi connectivity index (χ1n) is 8.77. The molecule has 2 heterocycles. The maximum absolute atomic E-state index is 12.6. The summed E-state index contributed by atoms with van der Waals surface area (Å²) in [6, 6.07) is 5.31. The highest BCUT2D eigenvalue weighted by Crippen LogP contribution is 2.38. The highest BCUT2D eigenvalue weighted by atomic mass is 16.6. The number of ether oxygens (including phenoxy) is 1. The summed E-state index contributed by atoms with van der Waals surface area (Å²) in [5.41, 5.74) is 8.25. The molecule has 8 heteroatoms. The molecule has 1 aliphatic heterocycles. The van der Waals surface area contributed by atoms with Crippen molar-refractivity contribution in [1.82, 2.24) is 9.97 Å². The molecule has 8 nitrogen and oxygen atoms in total. The number of nitrogens with two attached hydrogens (primary N) is 1. The van der Waals surface area contributed by atoms with Crippen LogP contribution in [0.5, 0.6) is 0 Å². The Morgan fingerprint density at radius 3 is 2.56 bits per heavy atom. The maximum atomic E-state index is 12.6. The Morgan fingerprint density at radius 2 is 1.96 bits per heavy atom. The van der Waals surface area contributed by atoms with Crippen molar-refractivity contribution in [3.05, 3.63) is 30.6 Å². The van der Waals surface area contributed by atoms with Crippen LogP contribution in [-0.2, 0) is 9.53 Å². The fourth-order valence-corrected chi connectivity index (χ4v) is 3.19. The molecule has 1 aliphatic rings. The molecule has 0 saturated heterocycles. The average Bonchev–Trinajstić information content (AvgIpc) is 2.60. The van der Waals surface area contributed by atoms with Crippen LogP contribution in [0.4, 0.5) is 22.0 Å². The third-order valence-electron chi connectivity index (χ3n) is 4.28. The second-order valence-corrected chi connectivity index (χ2v) is 6.81. The van der Waals surface area contributed by atoms with E-state index in [0.717, 1.165) is 5.56 Å². The van der Waals surface area contributed by atoms with Gasteiger partial charge in [0.05, 0.1) is 41.6 Å². The molecule has 2 N–H and O–H groups in total. The van der Waals surface area contributed by atoms with Gasteiger partial charge in [0.15, 0.2) is 0 Å². The van der Waals surface area contributed by atoms with Gasteiger partial charge in [-0.3, -0.25) is 14.7 Å². The van der Waals surface area contributed by atoms with E-state index >= 15 is 0 Å². The average molecular weight is 369 g/mol. The maximum Gasteiger partial charge on any atom is 0.414 e. The van der Waals surface area contributed by atoms with Crippen LogP contribution in [0, 0.1) is 0 Å². The molecule has 0 spiro atoms. The second kappa shape index (κ2) is 7.22. The van der Waals surface area contributed by atoms with Gasteiger partial charge in [0.2, 0.25) is 5.91 Å². The topological polar surface area (TPSA) is 102 Å². The largest absolute Gasteiger partial charge is 0.446 e. The molecule has 0 bridgehead atoms. The van der Waals surface area contributed by atoms with Crippen molar-refractivity contribution < 1.29 is 14.3 Å². The van der Waals surface area contributed by atoms with E-state index in [9.17, 15) is 9.59 Å². The molecule has 2 amide bonds. The molecule has 0 fully saturated rings. The Bertz CT molecular complexity index is 866. The fraction of sp³-hybridized carbons (Fsp3) is 0.368. The summed E-state index contributed by atoms with van der Waals surface area (Å²) in [5, 5.41) is 0. The number of rotatable bonds is 2. The number of hydrogen-bond acceptors (Lipinski definition) is 6. The summed E-state index contributed by atoms with van der Waals surface area (Å²) in [6.45, 7) is 7.36. The minimum absolute atomic E-state index is 0.0827. The summed E-state index contributed by atoms with van der Waals surface area (Å²) in [4.78, 5) is 36.4. The van der Waals surface area contributed by atoms with Crippen LogP contribution in [0.3, 0.4) is 0 Å². The molecule has 0 saturated carbocycles. The molecule has 0 unspecified atom stereocenters. The van der Waals surface area contributed by atoms with Crippen LogP contribution in [0.15, 0.2) is 30.6 Å². The van der Waals surface area contributed by atoms with Crippen molar-refractivity contribution in [3.8, 4) is 11.3 Å². The lowest BCUT2D eigenvalue weighted by molar-refractivity contribution is -0.117. The van der Waals surface area contributed by atoms with Crippen LogP contribution < -0.4 is 15.5 Å². The predicted molar refractivity (Wildman–Crippen MR) is 103 cm³/mol. The molecule has 1 aromatic heterocycles. The van der Waals surface area contributed by atoms with Crippen molar-refractivity contribution in [3.63, 3.8) is 0 Å². The van der Waals surface area contributed by atoms with Gasteiger partial charge in [0.1, 0.15) is 5.82 Å². The summed E-state index contributed by atoms with van der Waals surface area (Å²) in [5.74, 6) is 0.246. The van der Waals surface area contributed by atoms with E-state index in [-0.39, 0.29) is 18.1 Å². The van der Waals surface area contributed by atoms with Crippen molar-refractivity contribution in [2.45, 2.75) is 39.8 Å². The van der Waals surface area contributed by atoms with Gasteiger partial charge in [-0.25, -0.2) is 9.78 Å². The first kappa shape index (κ1) is 18.6. The monoisotopic (exact) mass is 369 g/mol. The third-order valence-corrected chi connectivity index (χ3v) is 4.28. The number of aromatic nitrogens is 2. The van der Waals surface area contributed by atoms with Gasteiger partial charge in [0.25, 0.3) is 0 Å². The van der Waals surface area contributed by atoms with Crippen molar-refractivity contribution in [1.29, 1.82) is 0 Å². The van der Waals surface area contributed by atoms with Crippen LogP contribution in [-0.4, -0.2) is 40.7 Å². The van der Waals surface area contributed by atoms with Gasteiger partial charge in [0, 0.05) is 19.0 Å². The summed E-state index contributed by atoms with van der Waals surface area (Å²) < 4.78 is 5.39. The second-order valence-electron chi connectivity index (χ2n) is 6.81. The lowest BCUT2D eigenvalue weighted by Gasteiger charge is -2.40. The molecule has 2 aromatic rings. The van der Waals surface area contributed by atoms with Gasteiger partial charge in [-0.1, -0.05) is 6.07 Å². The molecule has 0 aliphatic carbocycles. The third kappa shape index (κ3) is 3.69. The molecule has 1 atom stereocenters. The Kier molecular flexibility index (Phi) is 4.98. The zero-order valence-corrected chi connectivity index (χ0v) is 15.8. The Labute approximate surface area is 158 Å². The number of amides is 2. The summed E-state index contributed by atoms with van der Waals surface area (Å²) in [6.07, 6.45) is 2.36. The zero-order chi connectivity index (χ0) is 19.7. The van der Waals surface area contributed by atoms with Crippen LogP contribution in [0.2, 0.25) is 0 Å². The van der Waals surface area contributed by atoms with E-state index in [0.29, 0.717) is 29.4 Å². The number of benzene rings is 1. The van der Waals surface area contributed by atoms with Crippen molar-refractivity contribution in [2.24, 2.45) is 0 Å². The van der Waals surface area contributed by atoms with Crippen LogP contribution >= 0.6 is 0 Å². The van der Waals surface area contributed by atoms with Crippen molar-refractivity contribution >= 4 is 29.2 Å². The fourth-order valence-electron chi connectivity index (χ4n) is 3.19. The number of fused-ring (bicyclic) bond motifs is 1. The van der Waals surface area contributed by atoms with E-state index in [4.69, 9.17) is 10.5 Å². The molecule has 1 aromatic carbocycles. The van der Waals surface area contributed by atoms with E-state index in [2.05, 4.69) is 9.97 Å². The van der Waals surface area contributed by atoms with E-state index in [1.807, 2.05) is 25.1 Å². The Balaban J connectivity index is 2.09. The molecular weight excluding hydrogens is 346 g/mol. The SMILES string of the molecule is CC(=O)N1c2ccc(-c3cnc(N)cn3)cc2N(C(=O)OC(C)C)C[C@@H]1C. The molecular formula is C19H23N5O3. The number of anilines is 3. The molecule has 0 radical (unpaired) electrons. The lowest BCUT2D eigenvalue weighted by Crippen LogP contribution is -2.51. The standard InChI is InChI=1S/C19H23N5O3/c1-11(2)27-19(26)23-10-12(3)24(13(4)25)16-6-5-14(7-17(16)23)15-8-22-18(20)9-21-15/h5-9,11-12H,10H2,1-4H3,(H2,20,22)/t12-/m0/s1. The normalized spacial score (nSPS) is 16.3. The smallest absolute Gasteiger partial charge is 0.414 e. The summed E-state index contributed by atoms with van der Waals surface area (Å²) >= 11 is 0. The van der Waals surface area contributed by atoms with E-state index in [1.54, 1.807) is 29.8 Å². The van der Waals surface area contributed by atoms with Crippen molar-refractivity contribution in [2.75, 3.05) is 22.1 Å². The first-order chi connectivity index (χ1) is 12.8. The highest BCUT2D eigenvalue weighted by molar-refractivity contribution is 6.03. The predicted octanol–water partition coefficient (Wildman–Crippen LogP) is 2.83. The number of carbonyl (C=O) groups is 2. The number of nitrogens with zero attached hydrogens (tertiary/aromatic N) is 4. The lowest BCUT2D eigenvalue weighted by atomic mass is 10.0. The van der Waals surface area contributed by atoms with Gasteiger partial charge in [-0.15, -0.1) is 0 Å². The number of carbonyl (C=O) groups excluding carboxylic acids is 2. The van der Waals surface area contributed by atoms with Gasteiger partial charge < -0.3 is 15.4 Å². The van der Waals surface area contributed by atoms with E-state index < -0.39 is 6.09 Å². The number of nitrogen functional groups attached to an aromatic ring is 1. The molecule has 3 rings (SSSR count). The minimum Gasteiger partial charge on any atom is -0.446 e. The Hall–Kier alpha value is -3.16. The van der Waals surface area contributed by atoms with Gasteiger partial charge in [-0.05, 0) is 32.9 Å². The summed E-state index contributed by atoms with van der Waals surface area (Å²) in [7, 11) is 0. The van der Waals surface area contributed by atoms with E-state index in [1.165, 1.54) is 13.1 Å². The molecule has 142 valence electrons. The number of hydrogen-bond donors (Lipinski definition) is 1. The highest BCUT2D eigenvalue weighted by Gasteiger charge is 2.34. The first-order valence-corrected chi connectivity index (χ1v) is 8.77. The van der Waals surface area contributed by atoms with Gasteiger partial charge in [-0.2, -0.15) is 0 Å². The minimum atomic E-state index is -0.443. The van der Waals surface area contributed by atoms with Crippen LogP contribution in [0.25, 0.3) is 11.3 Å². The quantitative estimate of drug-likeness (QED) is 0.873. The Morgan fingerprint density at radius 1 is 1.22 bits per heavy atom. The van der Waals surface area contributed by atoms with Gasteiger partial charge >= 0.3 is 6.09 Å². The van der Waals surface area contributed by atoms with Crippen LogP contribution in [0.1, 0.15) is 27.7 Å². The molecule has 27 heavy (non-hydrogen) atoms. The zero-order valence-electron chi connectivity index (χ0n) is 15.8.